The standard InChI is InChI=1S/C16H15NO4S/c18-13(14-2-1-9-22-14)7-8-15(19)17-12-5-3-11(4-6-12)10-16(20)21/h1-6,9H,7-8,10H2,(H,17,19)(H,20,21). The summed E-state index contributed by atoms with van der Waals surface area (Å²) in [6, 6.07) is 10.2. The van der Waals surface area contributed by atoms with Gasteiger partial charge >= 0.3 is 5.97 Å². The minimum atomic E-state index is -0.899. The molecule has 1 heterocycles. The average Bonchev–Trinajstić information content (AvgIpc) is 3.00. The van der Waals surface area contributed by atoms with E-state index in [1.807, 2.05) is 5.38 Å². The summed E-state index contributed by atoms with van der Waals surface area (Å²) in [5.74, 6) is -1.18. The number of thiophene rings is 1. The molecule has 0 saturated heterocycles. The molecule has 0 atom stereocenters. The Hall–Kier alpha value is -2.47. The third-order valence-electron chi connectivity index (χ3n) is 2.97. The van der Waals surface area contributed by atoms with Crippen molar-refractivity contribution in [2.24, 2.45) is 0 Å². The number of carbonyl (C=O) groups is 3. The zero-order valence-electron chi connectivity index (χ0n) is 11.7. The maximum Gasteiger partial charge on any atom is 0.307 e. The topological polar surface area (TPSA) is 83.5 Å². The van der Waals surface area contributed by atoms with Gasteiger partial charge in [0, 0.05) is 18.5 Å². The Balaban J connectivity index is 1.81. The van der Waals surface area contributed by atoms with Gasteiger partial charge in [-0.05, 0) is 29.1 Å². The van der Waals surface area contributed by atoms with Crippen LogP contribution in [0.25, 0.3) is 0 Å². The number of carbonyl (C=O) groups excluding carboxylic acids is 2. The van der Waals surface area contributed by atoms with Crippen LogP contribution in [0.15, 0.2) is 41.8 Å². The number of aliphatic carboxylic acids is 1. The van der Waals surface area contributed by atoms with Crippen LogP contribution in [0, 0.1) is 0 Å². The molecule has 0 spiro atoms. The van der Waals surface area contributed by atoms with E-state index in [2.05, 4.69) is 5.32 Å². The summed E-state index contributed by atoms with van der Waals surface area (Å²) in [5.41, 5.74) is 1.25. The van der Waals surface area contributed by atoms with Crippen LogP contribution in [0.2, 0.25) is 0 Å². The molecule has 2 N–H and O–H groups in total. The van der Waals surface area contributed by atoms with E-state index in [0.717, 1.165) is 0 Å². The van der Waals surface area contributed by atoms with Crippen molar-refractivity contribution in [3.63, 3.8) is 0 Å². The number of rotatable bonds is 7. The molecule has 0 bridgehead atoms. The molecule has 0 aliphatic rings. The summed E-state index contributed by atoms with van der Waals surface area (Å²) in [7, 11) is 0. The number of anilines is 1. The third kappa shape index (κ3) is 4.82. The van der Waals surface area contributed by atoms with Crippen molar-refractivity contribution in [3.05, 3.63) is 52.2 Å². The summed E-state index contributed by atoms with van der Waals surface area (Å²) in [6.45, 7) is 0. The lowest BCUT2D eigenvalue weighted by Gasteiger charge is -2.05. The number of amides is 1. The summed E-state index contributed by atoms with van der Waals surface area (Å²) in [6.07, 6.45) is 0.237. The van der Waals surface area contributed by atoms with Gasteiger partial charge in [0.15, 0.2) is 5.78 Å². The van der Waals surface area contributed by atoms with Crippen LogP contribution in [-0.4, -0.2) is 22.8 Å². The molecule has 0 fully saturated rings. The predicted octanol–water partition coefficient (Wildman–Crippen LogP) is 2.98. The number of hydrogen-bond acceptors (Lipinski definition) is 4. The predicted molar refractivity (Wildman–Crippen MR) is 84.3 cm³/mol. The number of nitrogens with one attached hydrogen (secondary N) is 1. The number of Topliss-reactive ketones (excluding diaryl/α,β-unsaturated/α-hetero) is 1. The number of benzene rings is 1. The van der Waals surface area contributed by atoms with E-state index < -0.39 is 5.97 Å². The molecule has 0 aliphatic carbocycles. The summed E-state index contributed by atoms with van der Waals surface area (Å²) in [4.78, 5) is 34.8. The second-order valence-electron chi connectivity index (χ2n) is 4.72. The summed E-state index contributed by atoms with van der Waals surface area (Å²) in [5, 5.41) is 13.2. The first-order valence-electron chi connectivity index (χ1n) is 6.72. The Labute approximate surface area is 131 Å². The lowest BCUT2D eigenvalue weighted by atomic mass is 10.1. The molecule has 22 heavy (non-hydrogen) atoms. The van der Waals surface area contributed by atoms with Gasteiger partial charge in [-0.3, -0.25) is 14.4 Å². The van der Waals surface area contributed by atoms with Gasteiger partial charge in [0.05, 0.1) is 11.3 Å². The van der Waals surface area contributed by atoms with E-state index in [4.69, 9.17) is 5.11 Å². The fraction of sp³-hybridized carbons (Fsp3) is 0.188. The number of hydrogen-bond donors (Lipinski definition) is 2. The molecule has 114 valence electrons. The van der Waals surface area contributed by atoms with Gasteiger partial charge in [0.1, 0.15) is 0 Å². The molecule has 0 aliphatic heterocycles. The molecule has 0 radical (unpaired) electrons. The van der Waals surface area contributed by atoms with Crippen molar-refractivity contribution in [1.82, 2.24) is 0 Å². The fourth-order valence-corrected chi connectivity index (χ4v) is 2.59. The smallest absolute Gasteiger partial charge is 0.307 e. The molecular formula is C16H15NO4S. The highest BCUT2D eigenvalue weighted by Crippen LogP contribution is 2.14. The first-order chi connectivity index (χ1) is 10.5. The molecule has 0 saturated carbocycles. The molecule has 2 aromatic rings. The Morgan fingerprint density at radius 3 is 2.36 bits per heavy atom. The summed E-state index contributed by atoms with van der Waals surface area (Å²) < 4.78 is 0. The second-order valence-corrected chi connectivity index (χ2v) is 5.66. The number of carboxylic acid groups (broad SMARTS) is 1. The largest absolute Gasteiger partial charge is 0.481 e. The zero-order chi connectivity index (χ0) is 15.9. The highest BCUT2D eigenvalue weighted by molar-refractivity contribution is 7.12. The molecule has 1 aromatic carbocycles. The van der Waals surface area contributed by atoms with E-state index in [-0.39, 0.29) is 31.0 Å². The first kappa shape index (κ1) is 15.9. The molecule has 0 unspecified atom stereocenters. The molecule has 2 rings (SSSR count). The van der Waals surface area contributed by atoms with Crippen LogP contribution < -0.4 is 5.32 Å². The summed E-state index contributed by atoms with van der Waals surface area (Å²) >= 11 is 1.36. The minimum absolute atomic E-state index is 0.0399. The number of ketones is 1. The van der Waals surface area contributed by atoms with Crippen LogP contribution in [-0.2, 0) is 16.0 Å². The van der Waals surface area contributed by atoms with Crippen LogP contribution in [0.1, 0.15) is 28.1 Å². The number of carboxylic acids is 1. The molecular weight excluding hydrogens is 302 g/mol. The Morgan fingerprint density at radius 2 is 1.77 bits per heavy atom. The van der Waals surface area contributed by atoms with E-state index in [1.54, 1.807) is 36.4 Å². The van der Waals surface area contributed by atoms with Gasteiger partial charge in [-0.2, -0.15) is 0 Å². The van der Waals surface area contributed by atoms with E-state index in [0.29, 0.717) is 16.1 Å². The highest BCUT2D eigenvalue weighted by atomic mass is 32.1. The van der Waals surface area contributed by atoms with Gasteiger partial charge in [-0.15, -0.1) is 11.3 Å². The van der Waals surface area contributed by atoms with Crippen molar-refractivity contribution < 1.29 is 19.5 Å². The molecule has 6 heteroatoms. The van der Waals surface area contributed by atoms with Crippen LogP contribution in [0.5, 0.6) is 0 Å². The van der Waals surface area contributed by atoms with Crippen molar-refractivity contribution in [2.75, 3.05) is 5.32 Å². The Morgan fingerprint density at radius 1 is 1.05 bits per heavy atom. The third-order valence-corrected chi connectivity index (χ3v) is 3.88. The van der Waals surface area contributed by atoms with Crippen LogP contribution in [0.3, 0.4) is 0 Å². The SMILES string of the molecule is O=C(O)Cc1ccc(NC(=O)CCC(=O)c2cccs2)cc1. The van der Waals surface area contributed by atoms with Gasteiger partial charge in [0.25, 0.3) is 0 Å². The lowest BCUT2D eigenvalue weighted by molar-refractivity contribution is -0.136. The van der Waals surface area contributed by atoms with Crippen LogP contribution in [0.4, 0.5) is 5.69 Å². The minimum Gasteiger partial charge on any atom is -0.481 e. The Bertz CT molecular complexity index is 662. The maximum atomic E-state index is 11.8. The molecule has 1 amide bonds. The van der Waals surface area contributed by atoms with Gasteiger partial charge < -0.3 is 10.4 Å². The Kier molecular flexibility index (Phi) is 5.43. The van der Waals surface area contributed by atoms with E-state index in [9.17, 15) is 14.4 Å². The van der Waals surface area contributed by atoms with Gasteiger partial charge in [-0.1, -0.05) is 18.2 Å². The van der Waals surface area contributed by atoms with Crippen molar-refractivity contribution >= 4 is 34.7 Å². The lowest BCUT2D eigenvalue weighted by Crippen LogP contribution is -2.13. The average molecular weight is 317 g/mol. The second kappa shape index (κ2) is 7.51. The van der Waals surface area contributed by atoms with Crippen molar-refractivity contribution in [3.8, 4) is 0 Å². The fourth-order valence-electron chi connectivity index (χ4n) is 1.89. The monoisotopic (exact) mass is 317 g/mol. The quantitative estimate of drug-likeness (QED) is 0.769. The first-order valence-corrected chi connectivity index (χ1v) is 7.60. The maximum absolute atomic E-state index is 11.8. The zero-order valence-corrected chi connectivity index (χ0v) is 12.6. The highest BCUT2D eigenvalue weighted by Gasteiger charge is 2.10. The van der Waals surface area contributed by atoms with E-state index >= 15 is 0 Å². The van der Waals surface area contributed by atoms with E-state index in [1.165, 1.54) is 11.3 Å². The normalized spacial score (nSPS) is 10.2. The van der Waals surface area contributed by atoms with Gasteiger partial charge in [-0.25, -0.2) is 0 Å². The van der Waals surface area contributed by atoms with Crippen LogP contribution >= 0.6 is 11.3 Å². The van der Waals surface area contributed by atoms with Crippen molar-refractivity contribution in [2.45, 2.75) is 19.3 Å². The molecule has 5 nitrogen and oxygen atoms in total. The molecule has 1 aromatic heterocycles. The van der Waals surface area contributed by atoms with Crippen molar-refractivity contribution in [1.29, 1.82) is 0 Å². The van der Waals surface area contributed by atoms with Gasteiger partial charge in [0.2, 0.25) is 5.91 Å².